The summed E-state index contributed by atoms with van der Waals surface area (Å²) in [5.74, 6) is 0. The van der Waals surface area contributed by atoms with Gasteiger partial charge in [-0.15, -0.1) is 0 Å². The van der Waals surface area contributed by atoms with Crippen molar-refractivity contribution in [1.29, 1.82) is 0 Å². The molecule has 0 aliphatic carbocycles. The highest BCUT2D eigenvalue weighted by atomic mass is 15.4. The van der Waals surface area contributed by atoms with Crippen molar-refractivity contribution in [3.05, 3.63) is 23.0 Å². The highest BCUT2D eigenvalue weighted by molar-refractivity contribution is 5.56. The molecule has 0 aromatic heterocycles. The lowest BCUT2D eigenvalue weighted by molar-refractivity contribution is 0.600. The maximum atomic E-state index is 4.42. The first-order valence-corrected chi connectivity index (χ1v) is 5.79. The van der Waals surface area contributed by atoms with Crippen LogP contribution in [0.1, 0.15) is 27.2 Å². The molecule has 1 aliphatic heterocycles. The van der Waals surface area contributed by atoms with Crippen molar-refractivity contribution in [3.63, 3.8) is 0 Å². The molecule has 0 amide bonds. The van der Waals surface area contributed by atoms with E-state index in [9.17, 15) is 0 Å². The predicted octanol–water partition coefficient (Wildman–Crippen LogP) is 1.34. The van der Waals surface area contributed by atoms with E-state index >= 15 is 0 Å². The van der Waals surface area contributed by atoms with Gasteiger partial charge in [-0.05, 0) is 32.9 Å². The van der Waals surface area contributed by atoms with Gasteiger partial charge in [0.1, 0.15) is 0 Å². The lowest BCUT2D eigenvalue weighted by atomic mass is 10.0. The summed E-state index contributed by atoms with van der Waals surface area (Å²) in [5.41, 5.74) is 10.1. The van der Waals surface area contributed by atoms with Crippen LogP contribution in [0.2, 0.25) is 0 Å². The van der Waals surface area contributed by atoms with Gasteiger partial charge in [0.05, 0.1) is 11.7 Å². The van der Waals surface area contributed by atoms with Crippen molar-refractivity contribution < 1.29 is 0 Å². The van der Waals surface area contributed by atoms with E-state index in [1.54, 1.807) is 0 Å². The van der Waals surface area contributed by atoms with Gasteiger partial charge in [-0.1, -0.05) is 13.0 Å². The Hall–Kier alpha value is -1.13. The number of hydrazine groups is 1. The molecule has 1 atom stereocenters. The van der Waals surface area contributed by atoms with Crippen LogP contribution >= 0.6 is 0 Å². The second-order valence-electron chi connectivity index (χ2n) is 3.82. The molecule has 0 aromatic carbocycles. The Morgan fingerprint density at radius 1 is 1.56 bits per heavy atom. The molecule has 0 fully saturated rings. The van der Waals surface area contributed by atoms with Crippen LogP contribution < -0.4 is 16.2 Å². The number of allylic oxidation sites excluding steroid dienone is 1. The van der Waals surface area contributed by atoms with Crippen LogP contribution in [0.4, 0.5) is 0 Å². The standard InChI is InChI=1S/C12H22N4/c1-5-7-10(14-6-2)12-9(3)11(8-13-4)15-16-12/h6-7,12-13,15-16H,5,8H2,1-4H3/b10-7-,14-6?. The summed E-state index contributed by atoms with van der Waals surface area (Å²) >= 11 is 0. The molecule has 16 heavy (non-hydrogen) atoms. The van der Waals surface area contributed by atoms with E-state index in [0.29, 0.717) is 0 Å². The van der Waals surface area contributed by atoms with Crippen LogP contribution in [0, 0.1) is 0 Å². The molecule has 3 N–H and O–H groups in total. The lowest BCUT2D eigenvalue weighted by Gasteiger charge is -2.12. The van der Waals surface area contributed by atoms with Gasteiger partial charge in [-0.2, -0.15) is 0 Å². The number of aliphatic imine (C=N–C) groups is 1. The molecule has 0 radical (unpaired) electrons. The van der Waals surface area contributed by atoms with E-state index < -0.39 is 0 Å². The SMILES string of the molecule is CC=N/C(=C\CC)C1NNC(CNC)=C1C. The van der Waals surface area contributed by atoms with Crippen LogP contribution in [0.5, 0.6) is 0 Å². The first-order chi connectivity index (χ1) is 7.74. The number of likely N-dealkylation sites (N-methyl/N-ethyl adjacent to an activating group) is 1. The van der Waals surface area contributed by atoms with Crippen molar-refractivity contribution in [3.8, 4) is 0 Å². The van der Waals surface area contributed by atoms with Gasteiger partial charge in [0.2, 0.25) is 0 Å². The summed E-state index contributed by atoms with van der Waals surface area (Å²) < 4.78 is 0. The van der Waals surface area contributed by atoms with Gasteiger partial charge in [-0.3, -0.25) is 4.99 Å². The Morgan fingerprint density at radius 2 is 2.31 bits per heavy atom. The van der Waals surface area contributed by atoms with Crippen molar-refractivity contribution in [2.75, 3.05) is 13.6 Å². The van der Waals surface area contributed by atoms with Crippen molar-refractivity contribution in [1.82, 2.24) is 16.2 Å². The second kappa shape index (κ2) is 6.45. The molecule has 0 saturated heterocycles. The highest BCUT2D eigenvalue weighted by Gasteiger charge is 2.23. The minimum Gasteiger partial charge on any atom is -0.323 e. The van der Waals surface area contributed by atoms with E-state index in [4.69, 9.17) is 0 Å². The first kappa shape index (κ1) is 12.9. The zero-order valence-corrected chi connectivity index (χ0v) is 10.6. The topological polar surface area (TPSA) is 48.5 Å². The van der Waals surface area contributed by atoms with Crippen LogP contribution in [-0.2, 0) is 0 Å². The number of rotatable bonds is 5. The molecule has 4 heteroatoms. The third-order valence-electron chi connectivity index (χ3n) is 2.62. The van der Waals surface area contributed by atoms with E-state index in [2.05, 4.69) is 41.1 Å². The number of hydrogen-bond donors (Lipinski definition) is 3. The molecule has 1 unspecified atom stereocenters. The van der Waals surface area contributed by atoms with Crippen LogP contribution in [-0.4, -0.2) is 25.8 Å². The van der Waals surface area contributed by atoms with Crippen LogP contribution in [0.25, 0.3) is 0 Å². The highest BCUT2D eigenvalue weighted by Crippen LogP contribution is 2.19. The van der Waals surface area contributed by atoms with Crippen molar-refractivity contribution in [2.24, 2.45) is 4.99 Å². The smallest absolute Gasteiger partial charge is 0.0905 e. The molecule has 0 saturated carbocycles. The fourth-order valence-corrected chi connectivity index (χ4v) is 1.80. The maximum absolute atomic E-state index is 4.42. The fourth-order valence-electron chi connectivity index (χ4n) is 1.80. The molecule has 4 nitrogen and oxygen atoms in total. The molecule has 0 spiro atoms. The molecule has 0 aromatic rings. The normalized spacial score (nSPS) is 22.0. The molecule has 1 aliphatic rings. The van der Waals surface area contributed by atoms with Gasteiger partial charge in [0, 0.05) is 18.5 Å². The van der Waals surface area contributed by atoms with Crippen LogP contribution in [0.15, 0.2) is 28.0 Å². The molecule has 1 rings (SSSR count). The molecular weight excluding hydrogens is 200 g/mol. The minimum absolute atomic E-state index is 0.194. The van der Waals surface area contributed by atoms with Gasteiger partial charge < -0.3 is 10.7 Å². The summed E-state index contributed by atoms with van der Waals surface area (Å²) in [7, 11) is 1.95. The predicted molar refractivity (Wildman–Crippen MR) is 69.2 cm³/mol. The van der Waals surface area contributed by atoms with Gasteiger partial charge in [0.15, 0.2) is 0 Å². The number of nitrogens with one attached hydrogen (secondary N) is 3. The van der Waals surface area contributed by atoms with E-state index in [1.807, 2.05) is 20.2 Å². The zero-order valence-electron chi connectivity index (χ0n) is 10.6. The van der Waals surface area contributed by atoms with Gasteiger partial charge in [0.25, 0.3) is 0 Å². The third-order valence-corrected chi connectivity index (χ3v) is 2.62. The Labute approximate surface area is 97.9 Å². The van der Waals surface area contributed by atoms with Crippen molar-refractivity contribution in [2.45, 2.75) is 33.2 Å². The van der Waals surface area contributed by atoms with E-state index in [1.165, 1.54) is 11.3 Å². The average molecular weight is 222 g/mol. The Morgan fingerprint density at radius 3 is 2.88 bits per heavy atom. The van der Waals surface area contributed by atoms with Crippen LogP contribution in [0.3, 0.4) is 0 Å². The number of hydrogen-bond acceptors (Lipinski definition) is 4. The zero-order chi connectivity index (χ0) is 12.0. The second-order valence-corrected chi connectivity index (χ2v) is 3.82. The average Bonchev–Trinajstić information content (AvgIpc) is 2.61. The monoisotopic (exact) mass is 222 g/mol. The molecule has 90 valence electrons. The quantitative estimate of drug-likeness (QED) is 0.615. The summed E-state index contributed by atoms with van der Waals surface area (Å²) in [5, 5.41) is 3.15. The van der Waals surface area contributed by atoms with E-state index in [0.717, 1.165) is 18.7 Å². The van der Waals surface area contributed by atoms with E-state index in [-0.39, 0.29) is 6.04 Å². The summed E-state index contributed by atoms with van der Waals surface area (Å²) in [4.78, 5) is 4.42. The Kier molecular flexibility index (Phi) is 5.22. The summed E-state index contributed by atoms with van der Waals surface area (Å²) in [6.07, 6.45) is 5.00. The maximum Gasteiger partial charge on any atom is 0.0905 e. The molecule has 1 heterocycles. The van der Waals surface area contributed by atoms with Gasteiger partial charge >= 0.3 is 0 Å². The molecule has 0 bridgehead atoms. The Bertz CT molecular complexity index is 315. The summed E-state index contributed by atoms with van der Waals surface area (Å²) in [6.45, 7) is 7.06. The van der Waals surface area contributed by atoms with Gasteiger partial charge in [-0.25, -0.2) is 5.43 Å². The first-order valence-electron chi connectivity index (χ1n) is 5.79. The molecular formula is C12H22N4. The largest absolute Gasteiger partial charge is 0.323 e. The minimum atomic E-state index is 0.194. The number of nitrogens with zero attached hydrogens (tertiary/aromatic N) is 1. The Balaban J connectivity index is 2.85. The summed E-state index contributed by atoms with van der Waals surface area (Å²) in [6, 6.07) is 0.194. The lowest BCUT2D eigenvalue weighted by Crippen LogP contribution is -2.34. The van der Waals surface area contributed by atoms with Crippen molar-refractivity contribution >= 4 is 6.21 Å². The fraction of sp³-hybridized carbons (Fsp3) is 0.583. The third kappa shape index (κ3) is 2.93.